The van der Waals surface area contributed by atoms with Gasteiger partial charge in [-0.3, -0.25) is 19.2 Å². The van der Waals surface area contributed by atoms with Crippen molar-refractivity contribution in [2.45, 2.75) is 44.0 Å². The second-order valence-corrected chi connectivity index (χ2v) is 10.2. The van der Waals surface area contributed by atoms with Gasteiger partial charge >= 0.3 is 5.97 Å². The number of nitrogens with zero attached hydrogens (tertiary/aromatic N) is 2. The molecule has 0 aromatic heterocycles. The Kier molecular flexibility index (Phi) is 6.99. The van der Waals surface area contributed by atoms with Gasteiger partial charge in [-0.05, 0) is 12.3 Å². The van der Waals surface area contributed by atoms with Crippen LogP contribution >= 0.6 is 11.8 Å². The lowest BCUT2D eigenvalue weighted by Gasteiger charge is -2.47. The SMILES string of the molecule is CNC(=O)C(=O)C[C@H](C)[C@H]1C(=O)N2C(C(=O)O)=C(S[C@@H]3CN[C@H](C(=O)N(C)C)C3)[C@H](C)[C@H]12. The second kappa shape index (κ2) is 9.22. The van der Waals surface area contributed by atoms with Crippen LogP contribution in [0.1, 0.15) is 26.7 Å². The number of ketones is 1. The Morgan fingerprint density at radius 1 is 1.31 bits per heavy atom. The molecule has 3 aliphatic rings. The van der Waals surface area contributed by atoms with Crippen LogP contribution in [0.15, 0.2) is 10.6 Å². The van der Waals surface area contributed by atoms with Crippen LogP contribution in [0.5, 0.6) is 0 Å². The first-order chi connectivity index (χ1) is 15.0. The number of amides is 3. The Balaban J connectivity index is 1.75. The molecule has 0 aromatic rings. The average Bonchev–Trinajstić information content (AvgIpc) is 3.28. The fourth-order valence-electron chi connectivity index (χ4n) is 4.89. The highest BCUT2D eigenvalue weighted by atomic mass is 32.2. The van der Waals surface area contributed by atoms with Gasteiger partial charge in [0.2, 0.25) is 17.6 Å². The lowest BCUT2D eigenvalue weighted by atomic mass is 9.73. The molecule has 3 rings (SSSR count). The maximum Gasteiger partial charge on any atom is 0.353 e. The van der Waals surface area contributed by atoms with Crippen LogP contribution in [-0.4, -0.2) is 89.4 Å². The van der Waals surface area contributed by atoms with E-state index in [1.54, 1.807) is 21.0 Å². The number of fused-ring (bicyclic) bond motifs is 1. The largest absolute Gasteiger partial charge is 0.477 e. The zero-order valence-electron chi connectivity index (χ0n) is 18.9. The monoisotopic (exact) mass is 466 g/mol. The number of carbonyl (C=O) groups excluding carboxylic acids is 4. The van der Waals surface area contributed by atoms with Crippen molar-refractivity contribution in [2.24, 2.45) is 17.8 Å². The van der Waals surface area contributed by atoms with Crippen LogP contribution in [0, 0.1) is 17.8 Å². The molecule has 3 amide bonds. The number of Topliss-reactive ketones (excluding diaryl/α,β-unsaturated/α-hetero) is 1. The van der Waals surface area contributed by atoms with Crippen molar-refractivity contribution in [1.82, 2.24) is 20.4 Å². The predicted molar refractivity (Wildman–Crippen MR) is 117 cm³/mol. The van der Waals surface area contributed by atoms with Gasteiger partial charge in [0.1, 0.15) is 5.70 Å². The summed E-state index contributed by atoms with van der Waals surface area (Å²) in [6.45, 7) is 4.21. The molecule has 3 aliphatic heterocycles. The minimum absolute atomic E-state index is 0.000892. The number of rotatable bonds is 8. The topological polar surface area (TPSA) is 136 Å². The molecule has 2 fully saturated rings. The molecule has 32 heavy (non-hydrogen) atoms. The summed E-state index contributed by atoms with van der Waals surface area (Å²) in [4.78, 5) is 64.3. The molecule has 11 heteroatoms. The Labute approximate surface area is 191 Å². The Morgan fingerprint density at radius 3 is 2.53 bits per heavy atom. The maximum absolute atomic E-state index is 12.9. The van der Waals surface area contributed by atoms with E-state index in [2.05, 4.69) is 10.6 Å². The third kappa shape index (κ3) is 4.15. The highest BCUT2D eigenvalue weighted by Crippen LogP contribution is 2.53. The molecule has 0 spiro atoms. The van der Waals surface area contributed by atoms with Gasteiger partial charge in [-0.1, -0.05) is 13.8 Å². The highest BCUT2D eigenvalue weighted by Gasteiger charge is 2.60. The Hall–Kier alpha value is -2.40. The molecule has 0 saturated carbocycles. The van der Waals surface area contributed by atoms with Crippen molar-refractivity contribution in [3.8, 4) is 0 Å². The van der Waals surface area contributed by atoms with Gasteiger partial charge in [0.25, 0.3) is 5.91 Å². The molecule has 0 bridgehead atoms. The quantitative estimate of drug-likeness (QED) is 0.326. The summed E-state index contributed by atoms with van der Waals surface area (Å²) in [5.74, 6) is -3.90. The fourth-order valence-corrected chi connectivity index (χ4v) is 6.37. The first-order valence-electron chi connectivity index (χ1n) is 10.7. The third-order valence-corrected chi connectivity index (χ3v) is 8.03. The number of likely N-dealkylation sites (N-methyl/N-ethyl adjacent to an activating group) is 2. The van der Waals surface area contributed by atoms with E-state index in [0.717, 1.165) is 0 Å². The standard InChI is InChI=1S/C21H30N4O6S/c1-9(6-13(26)18(27)22-3)14-15-10(2)17(16(21(30)31)25(15)20(14)29)32-11-7-12(23-8-11)19(28)24(4)5/h9-12,14-15,23H,6-8H2,1-5H3,(H,22,27)(H,30,31)/t9-,10+,11-,12-,14+,15+/m0/s1. The molecule has 0 aromatic carbocycles. The summed E-state index contributed by atoms with van der Waals surface area (Å²) < 4.78 is 0. The smallest absolute Gasteiger partial charge is 0.353 e. The minimum Gasteiger partial charge on any atom is -0.477 e. The summed E-state index contributed by atoms with van der Waals surface area (Å²) in [6.07, 6.45) is 0.503. The van der Waals surface area contributed by atoms with Gasteiger partial charge in [0, 0.05) is 50.2 Å². The van der Waals surface area contributed by atoms with E-state index < -0.39 is 23.6 Å². The number of nitrogens with one attached hydrogen (secondary N) is 2. The summed E-state index contributed by atoms with van der Waals surface area (Å²) in [5.41, 5.74) is 0.000892. The van der Waals surface area contributed by atoms with Crippen molar-refractivity contribution in [3.05, 3.63) is 10.6 Å². The van der Waals surface area contributed by atoms with E-state index in [4.69, 9.17) is 0 Å². The van der Waals surface area contributed by atoms with Crippen molar-refractivity contribution in [2.75, 3.05) is 27.7 Å². The first-order valence-corrected chi connectivity index (χ1v) is 11.5. The average molecular weight is 467 g/mol. The lowest BCUT2D eigenvalue weighted by molar-refractivity contribution is -0.160. The fraction of sp³-hybridized carbons (Fsp3) is 0.667. The number of aliphatic carboxylic acids is 1. The van der Waals surface area contributed by atoms with Gasteiger partial charge < -0.3 is 25.5 Å². The number of carboxylic acids is 1. The van der Waals surface area contributed by atoms with Crippen LogP contribution < -0.4 is 10.6 Å². The summed E-state index contributed by atoms with van der Waals surface area (Å²) in [5, 5.41) is 15.4. The van der Waals surface area contributed by atoms with E-state index in [0.29, 0.717) is 17.9 Å². The lowest BCUT2D eigenvalue weighted by Crippen LogP contribution is -2.62. The normalized spacial score (nSPS) is 30.0. The van der Waals surface area contributed by atoms with Crippen LogP contribution in [0.4, 0.5) is 0 Å². The van der Waals surface area contributed by atoms with Crippen molar-refractivity contribution >= 4 is 41.2 Å². The molecule has 10 nitrogen and oxygen atoms in total. The maximum atomic E-state index is 12.9. The number of β-lactam (4-membered cyclic amide) rings is 1. The molecular weight excluding hydrogens is 436 g/mol. The van der Waals surface area contributed by atoms with Gasteiger partial charge in [0.05, 0.1) is 18.0 Å². The molecule has 0 unspecified atom stereocenters. The van der Waals surface area contributed by atoms with Gasteiger partial charge in [0.15, 0.2) is 0 Å². The number of carboxylic acid groups (broad SMARTS) is 1. The molecule has 176 valence electrons. The molecule has 0 aliphatic carbocycles. The van der Waals surface area contributed by atoms with E-state index in [1.807, 2.05) is 6.92 Å². The third-order valence-electron chi connectivity index (χ3n) is 6.52. The van der Waals surface area contributed by atoms with Crippen molar-refractivity contribution in [3.63, 3.8) is 0 Å². The van der Waals surface area contributed by atoms with Crippen LogP contribution in [0.3, 0.4) is 0 Å². The summed E-state index contributed by atoms with van der Waals surface area (Å²) in [7, 11) is 4.77. The second-order valence-electron chi connectivity index (χ2n) is 8.88. The van der Waals surface area contributed by atoms with Gasteiger partial charge in [-0.2, -0.15) is 0 Å². The van der Waals surface area contributed by atoms with Gasteiger partial charge in [-0.25, -0.2) is 4.79 Å². The molecule has 2 saturated heterocycles. The number of hydrogen-bond acceptors (Lipinski definition) is 7. The predicted octanol–water partition coefficient (Wildman–Crippen LogP) is -0.347. The van der Waals surface area contributed by atoms with Crippen molar-refractivity contribution in [1.29, 1.82) is 0 Å². The van der Waals surface area contributed by atoms with Crippen LogP contribution in [0.2, 0.25) is 0 Å². The first kappa shape index (κ1) is 24.2. The zero-order chi connectivity index (χ0) is 23.9. The molecule has 0 radical (unpaired) electrons. The Bertz CT molecular complexity index is 888. The Morgan fingerprint density at radius 2 is 1.97 bits per heavy atom. The number of thioether (sulfide) groups is 1. The molecule has 3 heterocycles. The summed E-state index contributed by atoms with van der Waals surface area (Å²) >= 11 is 1.42. The van der Waals surface area contributed by atoms with E-state index in [1.165, 1.54) is 28.6 Å². The number of hydrogen-bond donors (Lipinski definition) is 3. The highest BCUT2D eigenvalue weighted by molar-refractivity contribution is 8.03. The molecule has 6 atom stereocenters. The van der Waals surface area contributed by atoms with E-state index >= 15 is 0 Å². The van der Waals surface area contributed by atoms with E-state index in [-0.39, 0.29) is 53.1 Å². The summed E-state index contributed by atoms with van der Waals surface area (Å²) in [6, 6.07) is -0.660. The van der Waals surface area contributed by atoms with Gasteiger partial charge in [-0.15, -0.1) is 11.8 Å². The van der Waals surface area contributed by atoms with Crippen LogP contribution in [0.25, 0.3) is 0 Å². The molecular formula is C21H30N4O6S. The number of carbonyl (C=O) groups is 5. The zero-order valence-corrected chi connectivity index (χ0v) is 19.7. The minimum atomic E-state index is -1.16. The van der Waals surface area contributed by atoms with E-state index in [9.17, 15) is 29.1 Å². The molecule has 3 N–H and O–H groups in total. The van der Waals surface area contributed by atoms with Crippen molar-refractivity contribution < 1.29 is 29.1 Å². The van der Waals surface area contributed by atoms with Crippen LogP contribution in [-0.2, 0) is 24.0 Å².